The average Bonchev–Trinajstić information content (AvgIpc) is 2.80. The normalized spacial score (nSPS) is 12.7. The molecule has 0 bridgehead atoms. The second-order valence-corrected chi connectivity index (χ2v) is 5.16. The van der Waals surface area contributed by atoms with E-state index in [1.165, 1.54) is 18.2 Å². The highest BCUT2D eigenvalue weighted by Crippen LogP contribution is 2.24. The van der Waals surface area contributed by atoms with Crippen molar-refractivity contribution in [1.29, 1.82) is 0 Å². The molecule has 1 aromatic heterocycles. The molecule has 0 amide bonds. The van der Waals surface area contributed by atoms with E-state index >= 15 is 0 Å². The predicted molar refractivity (Wildman–Crippen MR) is 79.0 cm³/mol. The largest absolute Gasteiger partial charge is 0.324 e. The van der Waals surface area contributed by atoms with Gasteiger partial charge in [-0.25, -0.2) is 8.78 Å². The molecule has 0 aliphatic carbocycles. The van der Waals surface area contributed by atoms with Gasteiger partial charge in [-0.15, -0.1) is 0 Å². The molecule has 0 fully saturated rings. The number of hydrogen-bond donors (Lipinski definition) is 1. The van der Waals surface area contributed by atoms with Crippen molar-refractivity contribution in [2.75, 3.05) is 0 Å². The van der Waals surface area contributed by atoms with Gasteiger partial charge in [0.2, 0.25) is 0 Å². The first-order valence-electron chi connectivity index (χ1n) is 7.26. The summed E-state index contributed by atoms with van der Waals surface area (Å²) >= 11 is 0. The second kappa shape index (κ2) is 6.35. The number of rotatable bonds is 5. The molecule has 1 atom stereocenters. The summed E-state index contributed by atoms with van der Waals surface area (Å²) < 4.78 is 29.3. The van der Waals surface area contributed by atoms with Crippen molar-refractivity contribution in [1.82, 2.24) is 9.78 Å². The minimum Gasteiger partial charge on any atom is -0.324 e. The Morgan fingerprint density at radius 3 is 2.29 bits per heavy atom. The molecule has 0 radical (unpaired) electrons. The molecule has 0 aliphatic heterocycles. The zero-order chi connectivity index (χ0) is 15.6. The van der Waals surface area contributed by atoms with Crippen molar-refractivity contribution in [3.8, 4) is 0 Å². The first-order chi connectivity index (χ1) is 9.99. The lowest BCUT2D eigenvalue weighted by atomic mass is 10.0. The summed E-state index contributed by atoms with van der Waals surface area (Å²) in [7, 11) is 0. The van der Waals surface area contributed by atoms with Crippen molar-refractivity contribution in [3.63, 3.8) is 0 Å². The van der Waals surface area contributed by atoms with E-state index in [0.29, 0.717) is 0 Å². The van der Waals surface area contributed by atoms with E-state index in [0.717, 1.165) is 29.8 Å². The monoisotopic (exact) mass is 293 g/mol. The van der Waals surface area contributed by atoms with Gasteiger partial charge < -0.3 is 5.73 Å². The first kappa shape index (κ1) is 15.6. The fourth-order valence-electron chi connectivity index (χ4n) is 2.69. The topological polar surface area (TPSA) is 43.8 Å². The fraction of sp³-hybridized carbons (Fsp3) is 0.438. The smallest absolute Gasteiger partial charge is 0.131 e. The number of hydrogen-bond acceptors (Lipinski definition) is 2. The van der Waals surface area contributed by atoms with Crippen LogP contribution in [0.2, 0.25) is 0 Å². The molecule has 0 spiro atoms. The van der Waals surface area contributed by atoms with Gasteiger partial charge in [-0.1, -0.05) is 19.9 Å². The van der Waals surface area contributed by atoms with Gasteiger partial charge in [0.05, 0.1) is 12.2 Å². The van der Waals surface area contributed by atoms with Gasteiger partial charge in [-0.3, -0.25) is 4.68 Å². The molecule has 21 heavy (non-hydrogen) atoms. The van der Waals surface area contributed by atoms with E-state index in [-0.39, 0.29) is 18.2 Å². The van der Waals surface area contributed by atoms with Crippen molar-refractivity contribution in [2.45, 2.75) is 46.2 Å². The Labute approximate surface area is 123 Å². The molecule has 2 aromatic rings. The zero-order valence-corrected chi connectivity index (χ0v) is 12.7. The Morgan fingerprint density at radius 1 is 1.19 bits per heavy atom. The zero-order valence-electron chi connectivity index (χ0n) is 12.7. The Kier molecular flexibility index (Phi) is 4.73. The fourth-order valence-corrected chi connectivity index (χ4v) is 2.69. The van der Waals surface area contributed by atoms with Crippen LogP contribution in [0.5, 0.6) is 0 Å². The predicted octanol–water partition coefficient (Wildman–Crippen LogP) is 3.35. The summed E-state index contributed by atoms with van der Waals surface area (Å²) in [5.74, 6) is -1.10. The maximum Gasteiger partial charge on any atom is 0.131 e. The molecule has 2 N–H and O–H groups in total. The van der Waals surface area contributed by atoms with Crippen LogP contribution in [-0.2, 0) is 19.4 Å². The lowest BCUT2D eigenvalue weighted by molar-refractivity contribution is 0.525. The molecule has 0 aliphatic rings. The van der Waals surface area contributed by atoms with Crippen LogP contribution in [0.3, 0.4) is 0 Å². The van der Waals surface area contributed by atoms with Gasteiger partial charge in [-0.2, -0.15) is 5.10 Å². The number of nitrogens with zero attached hydrogens (tertiary/aromatic N) is 2. The Hall–Kier alpha value is -1.75. The minimum atomic E-state index is -0.548. The van der Waals surface area contributed by atoms with Crippen LogP contribution in [-0.4, -0.2) is 9.78 Å². The third-order valence-corrected chi connectivity index (χ3v) is 3.67. The summed E-state index contributed by atoms with van der Waals surface area (Å²) in [6.45, 7) is 5.99. The summed E-state index contributed by atoms with van der Waals surface area (Å²) in [6.07, 6.45) is 1.47. The molecule has 1 aromatic carbocycles. The quantitative estimate of drug-likeness (QED) is 0.918. The van der Waals surface area contributed by atoms with Crippen molar-refractivity contribution in [3.05, 3.63) is 52.3 Å². The molecule has 5 heteroatoms. The highest BCUT2D eigenvalue weighted by atomic mass is 19.1. The Bertz CT molecular complexity index is 612. The number of benzene rings is 1. The van der Waals surface area contributed by atoms with Gasteiger partial charge in [0, 0.05) is 22.9 Å². The van der Waals surface area contributed by atoms with Crippen LogP contribution in [0.4, 0.5) is 8.78 Å². The molecule has 0 saturated heterocycles. The maximum absolute atomic E-state index is 13.8. The molecule has 2 rings (SSSR count). The lowest BCUT2D eigenvalue weighted by Crippen LogP contribution is -2.12. The van der Waals surface area contributed by atoms with Crippen LogP contribution in [0.1, 0.15) is 49.3 Å². The van der Waals surface area contributed by atoms with Crippen LogP contribution < -0.4 is 5.73 Å². The average molecular weight is 293 g/mol. The molecular formula is C16H21F2N3. The van der Waals surface area contributed by atoms with E-state index in [1.54, 1.807) is 4.68 Å². The number of halogens is 2. The van der Waals surface area contributed by atoms with Gasteiger partial charge in [0.25, 0.3) is 0 Å². The standard InChI is InChI=1S/C16H21F2N3/c1-4-14-16(10(3)19)15(5-2)21(20-14)9-11-12(17)7-6-8-13(11)18/h6-8,10H,4-5,9,19H2,1-3H3. The molecule has 1 unspecified atom stereocenters. The molecular weight excluding hydrogens is 272 g/mol. The minimum absolute atomic E-state index is 0.0357. The Balaban J connectivity index is 2.50. The summed E-state index contributed by atoms with van der Waals surface area (Å²) in [5.41, 5.74) is 8.91. The number of nitrogens with two attached hydrogens (primary N) is 1. The van der Waals surface area contributed by atoms with Crippen molar-refractivity contribution < 1.29 is 8.78 Å². The second-order valence-electron chi connectivity index (χ2n) is 5.16. The van der Waals surface area contributed by atoms with Gasteiger partial charge in [0.1, 0.15) is 11.6 Å². The van der Waals surface area contributed by atoms with Crippen LogP contribution in [0, 0.1) is 11.6 Å². The first-order valence-corrected chi connectivity index (χ1v) is 7.26. The summed E-state index contributed by atoms with van der Waals surface area (Å²) in [4.78, 5) is 0. The van der Waals surface area contributed by atoms with Gasteiger partial charge in [0.15, 0.2) is 0 Å². The summed E-state index contributed by atoms with van der Waals surface area (Å²) in [6, 6.07) is 3.75. The highest BCUT2D eigenvalue weighted by Gasteiger charge is 2.20. The van der Waals surface area contributed by atoms with Crippen LogP contribution >= 0.6 is 0 Å². The van der Waals surface area contributed by atoms with Crippen LogP contribution in [0.15, 0.2) is 18.2 Å². The molecule has 114 valence electrons. The number of aromatic nitrogens is 2. The van der Waals surface area contributed by atoms with E-state index in [2.05, 4.69) is 5.10 Å². The number of aryl methyl sites for hydroxylation is 1. The summed E-state index contributed by atoms with van der Waals surface area (Å²) in [5, 5.41) is 4.50. The molecule has 3 nitrogen and oxygen atoms in total. The van der Waals surface area contributed by atoms with Crippen molar-refractivity contribution in [2.24, 2.45) is 5.73 Å². The van der Waals surface area contributed by atoms with E-state index in [4.69, 9.17) is 5.73 Å². The lowest BCUT2D eigenvalue weighted by Gasteiger charge is -2.11. The van der Waals surface area contributed by atoms with Crippen LogP contribution in [0.25, 0.3) is 0 Å². The molecule has 1 heterocycles. The highest BCUT2D eigenvalue weighted by molar-refractivity contribution is 5.31. The SMILES string of the molecule is CCc1nn(Cc2c(F)cccc2F)c(CC)c1C(C)N. The van der Waals surface area contributed by atoms with Crippen molar-refractivity contribution >= 4 is 0 Å². The maximum atomic E-state index is 13.8. The van der Waals surface area contributed by atoms with Gasteiger partial charge >= 0.3 is 0 Å². The van der Waals surface area contributed by atoms with Gasteiger partial charge in [-0.05, 0) is 31.9 Å². The third kappa shape index (κ3) is 2.97. The van der Waals surface area contributed by atoms with E-state index in [1.807, 2.05) is 20.8 Å². The van der Waals surface area contributed by atoms with E-state index in [9.17, 15) is 8.78 Å². The molecule has 0 saturated carbocycles. The van der Waals surface area contributed by atoms with E-state index < -0.39 is 11.6 Å². The third-order valence-electron chi connectivity index (χ3n) is 3.67. The Morgan fingerprint density at radius 2 is 1.81 bits per heavy atom.